The molecule has 2 heterocycles. The summed E-state index contributed by atoms with van der Waals surface area (Å²) in [5.41, 5.74) is 0. The topological polar surface area (TPSA) is 55.9 Å². The molecule has 1 radical (unpaired) electrons. The fraction of sp³-hybridized carbons (Fsp3) is 0.909. The molecular formula is C11H23N4O2S. The largest absolute Gasteiger partial charge is 0.314 e. The summed E-state index contributed by atoms with van der Waals surface area (Å²) in [6.07, 6.45) is 1.29. The zero-order valence-electron chi connectivity index (χ0n) is 11.0. The van der Waals surface area contributed by atoms with Crippen molar-refractivity contribution in [1.82, 2.24) is 19.4 Å². The molecule has 2 aliphatic heterocycles. The standard InChI is InChI=1S/C11H23N4O2S/c1-18(16,17)15-10-8-14(9-11-15)7-6-13-4-2-12-3-5-13/h6,12H,2-5,7-11H2,1H3. The molecular weight excluding hydrogens is 252 g/mol. The molecule has 18 heavy (non-hydrogen) atoms. The van der Waals surface area contributed by atoms with E-state index in [0.29, 0.717) is 13.1 Å². The van der Waals surface area contributed by atoms with Crippen LogP contribution in [0, 0.1) is 6.54 Å². The van der Waals surface area contributed by atoms with Crippen LogP contribution in [0.3, 0.4) is 0 Å². The summed E-state index contributed by atoms with van der Waals surface area (Å²) in [7, 11) is -3.01. The predicted octanol–water partition coefficient (Wildman–Crippen LogP) is -1.37. The van der Waals surface area contributed by atoms with Gasteiger partial charge < -0.3 is 5.32 Å². The fourth-order valence-electron chi connectivity index (χ4n) is 2.34. The lowest BCUT2D eigenvalue weighted by Crippen LogP contribution is -2.50. The van der Waals surface area contributed by atoms with E-state index in [4.69, 9.17) is 0 Å². The Morgan fingerprint density at radius 3 is 2.22 bits per heavy atom. The normalized spacial score (nSPS) is 25.4. The first-order valence-corrected chi connectivity index (χ1v) is 8.36. The molecule has 7 heteroatoms. The Labute approximate surface area is 110 Å². The van der Waals surface area contributed by atoms with Gasteiger partial charge in [-0.05, 0) is 0 Å². The molecule has 0 aromatic rings. The third-order valence-corrected chi connectivity index (χ3v) is 4.85. The van der Waals surface area contributed by atoms with E-state index < -0.39 is 10.0 Å². The Bertz CT molecular complexity index is 346. The average Bonchev–Trinajstić information content (AvgIpc) is 2.37. The van der Waals surface area contributed by atoms with Crippen molar-refractivity contribution in [3.8, 4) is 0 Å². The molecule has 2 rings (SSSR count). The highest BCUT2D eigenvalue weighted by Gasteiger charge is 2.23. The molecule has 0 atom stereocenters. The van der Waals surface area contributed by atoms with Crippen LogP contribution in [0.25, 0.3) is 0 Å². The molecule has 2 saturated heterocycles. The van der Waals surface area contributed by atoms with E-state index in [1.54, 1.807) is 4.31 Å². The van der Waals surface area contributed by atoms with E-state index in [0.717, 1.165) is 45.8 Å². The van der Waals surface area contributed by atoms with Crippen molar-refractivity contribution in [3.63, 3.8) is 0 Å². The molecule has 0 aromatic carbocycles. The number of nitrogens with zero attached hydrogens (tertiary/aromatic N) is 3. The Morgan fingerprint density at radius 2 is 1.67 bits per heavy atom. The van der Waals surface area contributed by atoms with Crippen molar-refractivity contribution in [2.24, 2.45) is 0 Å². The fourth-order valence-corrected chi connectivity index (χ4v) is 3.17. The molecule has 0 bridgehead atoms. The van der Waals surface area contributed by atoms with Crippen LogP contribution < -0.4 is 5.32 Å². The molecule has 6 nitrogen and oxygen atoms in total. The van der Waals surface area contributed by atoms with Gasteiger partial charge in [0.05, 0.1) is 6.26 Å². The van der Waals surface area contributed by atoms with Gasteiger partial charge in [-0.15, -0.1) is 0 Å². The van der Waals surface area contributed by atoms with E-state index in [1.807, 2.05) is 0 Å². The second-order valence-electron chi connectivity index (χ2n) is 4.93. The Hall–Kier alpha value is -0.210. The van der Waals surface area contributed by atoms with Gasteiger partial charge in [-0.3, -0.25) is 9.80 Å². The summed E-state index contributed by atoms with van der Waals surface area (Å²) >= 11 is 0. The zero-order valence-corrected chi connectivity index (χ0v) is 11.8. The van der Waals surface area contributed by atoms with Gasteiger partial charge in [0.1, 0.15) is 0 Å². The first kappa shape index (κ1) is 14.2. The average molecular weight is 275 g/mol. The van der Waals surface area contributed by atoms with Crippen molar-refractivity contribution < 1.29 is 8.42 Å². The van der Waals surface area contributed by atoms with Crippen LogP contribution >= 0.6 is 0 Å². The number of hydrogen-bond donors (Lipinski definition) is 1. The number of nitrogens with one attached hydrogen (secondary N) is 1. The molecule has 105 valence electrons. The van der Waals surface area contributed by atoms with Crippen LogP contribution in [0.15, 0.2) is 0 Å². The molecule has 2 aliphatic rings. The highest BCUT2D eigenvalue weighted by molar-refractivity contribution is 7.88. The minimum Gasteiger partial charge on any atom is -0.314 e. The van der Waals surface area contributed by atoms with E-state index in [1.165, 1.54) is 6.26 Å². The summed E-state index contributed by atoms with van der Waals surface area (Å²) in [5.74, 6) is 0. The molecule has 0 aliphatic carbocycles. The molecule has 0 aromatic heterocycles. The zero-order chi connectivity index (χ0) is 13.0. The summed E-state index contributed by atoms with van der Waals surface area (Å²) in [5, 5.41) is 3.33. The first-order chi connectivity index (χ1) is 8.55. The molecule has 0 unspecified atom stereocenters. The Kier molecular flexibility index (Phi) is 4.97. The molecule has 1 N–H and O–H groups in total. The highest BCUT2D eigenvalue weighted by atomic mass is 32.2. The summed E-state index contributed by atoms with van der Waals surface area (Å²) in [4.78, 5) is 4.66. The van der Waals surface area contributed by atoms with Crippen LogP contribution in [-0.4, -0.2) is 87.7 Å². The van der Waals surface area contributed by atoms with Gasteiger partial charge in [0, 0.05) is 65.4 Å². The van der Waals surface area contributed by atoms with Crippen molar-refractivity contribution in [2.75, 3.05) is 65.2 Å². The SMILES string of the molecule is CS(=O)(=O)N1CCN(C[CH]N2CCNCC2)CC1. The van der Waals surface area contributed by atoms with E-state index in [2.05, 4.69) is 21.7 Å². The summed E-state index contributed by atoms with van der Waals surface area (Å²) < 4.78 is 24.3. The Balaban J connectivity index is 1.67. The maximum atomic E-state index is 11.4. The maximum Gasteiger partial charge on any atom is 0.211 e. The van der Waals surface area contributed by atoms with E-state index in [9.17, 15) is 8.42 Å². The van der Waals surface area contributed by atoms with Crippen molar-refractivity contribution in [2.45, 2.75) is 0 Å². The van der Waals surface area contributed by atoms with Crippen LogP contribution in [0.5, 0.6) is 0 Å². The highest BCUT2D eigenvalue weighted by Crippen LogP contribution is 2.07. The van der Waals surface area contributed by atoms with Gasteiger partial charge in [-0.25, -0.2) is 8.42 Å². The first-order valence-electron chi connectivity index (χ1n) is 6.51. The van der Waals surface area contributed by atoms with Crippen LogP contribution in [0.2, 0.25) is 0 Å². The predicted molar refractivity (Wildman–Crippen MR) is 71.6 cm³/mol. The third kappa shape index (κ3) is 4.17. The minimum atomic E-state index is -3.01. The van der Waals surface area contributed by atoms with Gasteiger partial charge in [-0.2, -0.15) is 4.31 Å². The van der Waals surface area contributed by atoms with Gasteiger partial charge in [0.25, 0.3) is 0 Å². The smallest absolute Gasteiger partial charge is 0.211 e. The van der Waals surface area contributed by atoms with Gasteiger partial charge >= 0.3 is 0 Å². The maximum absolute atomic E-state index is 11.4. The molecule has 0 saturated carbocycles. The van der Waals surface area contributed by atoms with Crippen molar-refractivity contribution in [1.29, 1.82) is 0 Å². The minimum absolute atomic E-state index is 0.619. The quantitative estimate of drug-likeness (QED) is 0.686. The van der Waals surface area contributed by atoms with E-state index in [-0.39, 0.29) is 0 Å². The number of hydrogen-bond acceptors (Lipinski definition) is 5. The van der Waals surface area contributed by atoms with Crippen molar-refractivity contribution >= 4 is 10.0 Å². The van der Waals surface area contributed by atoms with Crippen molar-refractivity contribution in [3.05, 3.63) is 6.54 Å². The second kappa shape index (κ2) is 6.29. The summed E-state index contributed by atoms with van der Waals surface area (Å²) in [6, 6.07) is 0. The number of sulfonamides is 1. The monoisotopic (exact) mass is 275 g/mol. The van der Waals surface area contributed by atoms with E-state index >= 15 is 0 Å². The lowest BCUT2D eigenvalue weighted by molar-refractivity contribution is 0.177. The van der Waals surface area contributed by atoms with Gasteiger partial charge in [0.15, 0.2) is 0 Å². The van der Waals surface area contributed by atoms with Crippen LogP contribution in [0.1, 0.15) is 0 Å². The Morgan fingerprint density at radius 1 is 1.06 bits per heavy atom. The van der Waals surface area contributed by atoms with Gasteiger partial charge in [0.2, 0.25) is 10.0 Å². The third-order valence-electron chi connectivity index (χ3n) is 3.55. The molecule has 0 amide bonds. The van der Waals surface area contributed by atoms with Gasteiger partial charge in [-0.1, -0.05) is 0 Å². The van der Waals surface area contributed by atoms with Crippen LogP contribution in [0.4, 0.5) is 0 Å². The molecule has 0 spiro atoms. The number of piperazine rings is 2. The second-order valence-corrected chi connectivity index (χ2v) is 6.91. The summed E-state index contributed by atoms with van der Waals surface area (Å²) in [6.45, 7) is 10.3. The number of rotatable bonds is 4. The van der Waals surface area contributed by atoms with Crippen LogP contribution in [-0.2, 0) is 10.0 Å². The molecule has 2 fully saturated rings. The lowest BCUT2D eigenvalue weighted by Gasteiger charge is -2.35. The lowest BCUT2D eigenvalue weighted by atomic mass is 10.3.